The smallest absolute Gasteiger partial charge is 0.109 e. The highest BCUT2D eigenvalue weighted by Crippen LogP contribution is 2.36. The highest BCUT2D eigenvalue weighted by molar-refractivity contribution is 5.14. The molecule has 2 saturated carbocycles. The molecule has 2 unspecified atom stereocenters. The summed E-state index contributed by atoms with van der Waals surface area (Å²) in [5.41, 5.74) is -0.192. The van der Waals surface area contributed by atoms with Gasteiger partial charge in [-0.2, -0.15) is 5.26 Å². The molecule has 2 aliphatic carbocycles. The van der Waals surface area contributed by atoms with Crippen molar-refractivity contribution in [3.05, 3.63) is 0 Å². The summed E-state index contributed by atoms with van der Waals surface area (Å²) in [6.07, 6.45) is 10.1. The topological polar surface area (TPSA) is 35.8 Å². The van der Waals surface area contributed by atoms with Crippen molar-refractivity contribution in [2.24, 2.45) is 5.92 Å². The van der Waals surface area contributed by atoms with Gasteiger partial charge < -0.3 is 0 Å². The summed E-state index contributed by atoms with van der Waals surface area (Å²) in [6, 6.07) is 3.17. The molecule has 0 amide bonds. The lowest BCUT2D eigenvalue weighted by Crippen LogP contribution is -2.51. The summed E-state index contributed by atoms with van der Waals surface area (Å²) >= 11 is 0. The van der Waals surface area contributed by atoms with E-state index in [1.165, 1.54) is 44.9 Å². The van der Waals surface area contributed by atoms with Crippen LogP contribution in [-0.2, 0) is 0 Å². The monoisotopic (exact) mass is 206 g/mol. The molecule has 0 radical (unpaired) electrons. The van der Waals surface area contributed by atoms with Gasteiger partial charge in [0.1, 0.15) is 5.54 Å². The maximum Gasteiger partial charge on any atom is 0.109 e. The Morgan fingerprint density at radius 3 is 2.40 bits per heavy atom. The summed E-state index contributed by atoms with van der Waals surface area (Å²) in [5.74, 6) is 0.532. The fourth-order valence-corrected chi connectivity index (χ4v) is 3.20. The Bertz CT molecular complexity index is 250. The van der Waals surface area contributed by atoms with E-state index in [1.54, 1.807) is 0 Å². The maximum atomic E-state index is 9.41. The maximum absolute atomic E-state index is 9.41. The summed E-state index contributed by atoms with van der Waals surface area (Å²) in [5, 5.41) is 13.1. The fraction of sp³-hybridized carbons (Fsp3) is 0.923. The van der Waals surface area contributed by atoms with Crippen molar-refractivity contribution in [1.82, 2.24) is 5.32 Å². The number of hydrogen-bond acceptors (Lipinski definition) is 2. The molecule has 2 atom stereocenters. The van der Waals surface area contributed by atoms with Gasteiger partial charge in [-0.1, -0.05) is 32.6 Å². The van der Waals surface area contributed by atoms with E-state index >= 15 is 0 Å². The van der Waals surface area contributed by atoms with Gasteiger partial charge in [0.2, 0.25) is 0 Å². The predicted octanol–water partition coefficient (Wildman–Crippen LogP) is 2.99. The van der Waals surface area contributed by atoms with Crippen LogP contribution in [0.3, 0.4) is 0 Å². The van der Waals surface area contributed by atoms with Gasteiger partial charge in [0.15, 0.2) is 0 Å². The molecule has 0 bridgehead atoms. The van der Waals surface area contributed by atoms with E-state index < -0.39 is 0 Å². The third kappa shape index (κ3) is 2.18. The normalized spacial score (nSPS) is 37.7. The zero-order chi connectivity index (χ0) is 10.7. The first-order valence-electron chi connectivity index (χ1n) is 6.46. The van der Waals surface area contributed by atoms with Gasteiger partial charge in [0.25, 0.3) is 0 Å². The van der Waals surface area contributed by atoms with Crippen molar-refractivity contribution in [1.29, 1.82) is 5.26 Å². The molecular weight excluding hydrogens is 184 g/mol. The Kier molecular flexibility index (Phi) is 3.31. The molecule has 0 spiro atoms. The van der Waals surface area contributed by atoms with E-state index in [1.807, 2.05) is 0 Å². The van der Waals surface area contributed by atoms with E-state index in [0.29, 0.717) is 12.0 Å². The lowest BCUT2D eigenvalue weighted by molar-refractivity contribution is 0.257. The Labute approximate surface area is 93.0 Å². The Morgan fingerprint density at radius 1 is 1.13 bits per heavy atom. The van der Waals surface area contributed by atoms with Gasteiger partial charge in [0.05, 0.1) is 6.07 Å². The SMILES string of the molecule is CC1CCCC1(C#N)NC1CCCCC1. The molecule has 0 aromatic heterocycles. The van der Waals surface area contributed by atoms with Crippen LogP contribution in [-0.4, -0.2) is 11.6 Å². The van der Waals surface area contributed by atoms with Gasteiger partial charge in [-0.15, -0.1) is 0 Å². The Balaban J connectivity index is 1.98. The highest BCUT2D eigenvalue weighted by Gasteiger charge is 2.41. The molecule has 2 heteroatoms. The minimum Gasteiger partial charge on any atom is -0.296 e. The summed E-state index contributed by atoms with van der Waals surface area (Å²) in [7, 11) is 0. The fourth-order valence-electron chi connectivity index (χ4n) is 3.20. The molecule has 2 fully saturated rings. The second-order valence-corrected chi connectivity index (χ2v) is 5.36. The molecule has 0 saturated heterocycles. The largest absolute Gasteiger partial charge is 0.296 e. The molecule has 0 aromatic rings. The summed E-state index contributed by atoms with van der Waals surface area (Å²) < 4.78 is 0. The summed E-state index contributed by atoms with van der Waals surface area (Å²) in [6.45, 7) is 2.23. The van der Waals surface area contributed by atoms with Crippen LogP contribution in [0, 0.1) is 17.2 Å². The van der Waals surface area contributed by atoms with Crippen molar-refractivity contribution in [2.45, 2.75) is 69.9 Å². The second kappa shape index (κ2) is 4.53. The van der Waals surface area contributed by atoms with E-state index in [0.717, 1.165) is 6.42 Å². The number of rotatable bonds is 2. The first-order chi connectivity index (χ1) is 7.27. The van der Waals surface area contributed by atoms with Crippen molar-refractivity contribution in [2.75, 3.05) is 0 Å². The molecule has 15 heavy (non-hydrogen) atoms. The second-order valence-electron chi connectivity index (χ2n) is 5.36. The lowest BCUT2D eigenvalue weighted by Gasteiger charge is -2.34. The number of nitrogens with zero attached hydrogens (tertiary/aromatic N) is 1. The van der Waals surface area contributed by atoms with Crippen molar-refractivity contribution in [3.8, 4) is 6.07 Å². The van der Waals surface area contributed by atoms with Gasteiger partial charge >= 0.3 is 0 Å². The average Bonchev–Trinajstić information content (AvgIpc) is 2.62. The number of nitrogens with one attached hydrogen (secondary N) is 1. The van der Waals surface area contributed by atoms with Crippen LogP contribution in [0.4, 0.5) is 0 Å². The first-order valence-corrected chi connectivity index (χ1v) is 6.46. The molecule has 2 nitrogen and oxygen atoms in total. The van der Waals surface area contributed by atoms with Crippen molar-refractivity contribution >= 4 is 0 Å². The Hall–Kier alpha value is -0.550. The molecule has 2 aliphatic rings. The highest BCUT2D eigenvalue weighted by atomic mass is 15.0. The van der Waals surface area contributed by atoms with Crippen LogP contribution < -0.4 is 5.32 Å². The minimum absolute atomic E-state index is 0.192. The van der Waals surface area contributed by atoms with Crippen LogP contribution in [0.25, 0.3) is 0 Å². The van der Waals surface area contributed by atoms with Gasteiger partial charge in [-0.05, 0) is 31.6 Å². The molecule has 84 valence electrons. The molecular formula is C13H22N2. The quantitative estimate of drug-likeness (QED) is 0.754. The van der Waals surface area contributed by atoms with Crippen LogP contribution in [0.1, 0.15) is 58.3 Å². The number of hydrogen-bond donors (Lipinski definition) is 1. The van der Waals surface area contributed by atoms with E-state index in [2.05, 4.69) is 18.3 Å². The third-order valence-electron chi connectivity index (χ3n) is 4.32. The van der Waals surface area contributed by atoms with Crippen LogP contribution in [0.15, 0.2) is 0 Å². The minimum atomic E-state index is -0.192. The summed E-state index contributed by atoms with van der Waals surface area (Å²) in [4.78, 5) is 0. The Morgan fingerprint density at radius 2 is 1.87 bits per heavy atom. The van der Waals surface area contributed by atoms with Crippen LogP contribution >= 0.6 is 0 Å². The molecule has 0 aromatic carbocycles. The molecule has 1 N–H and O–H groups in total. The van der Waals surface area contributed by atoms with E-state index in [9.17, 15) is 5.26 Å². The van der Waals surface area contributed by atoms with E-state index in [4.69, 9.17) is 0 Å². The van der Waals surface area contributed by atoms with Crippen molar-refractivity contribution < 1.29 is 0 Å². The van der Waals surface area contributed by atoms with Gasteiger partial charge in [-0.3, -0.25) is 5.32 Å². The standard InChI is InChI=1S/C13H22N2/c1-11-6-5-9-13(11,10-14)15-12-7-3-2-4-8-12/h11-12,15H,2-9H2,1H3. The zero-order valence-electron chi connectivity index (χ0n) is 9.76. The van der Waals surface area contributed by atoms with E-state index in [-0.39, 0.29) is 5.54 Å². The molecule has 0 aliphatic heterocycles. The van der Waals surface area contributed by atoms with Gasteiger partial charge in [-0.25, -0.2) is 0 Å². The number of nitriles is 1. The average molecular weight is 206 g/mol. The van der Waals surface area contributed by atoms with Crippen LogP contribution in [0.2, 0.25) is 0 Å². The molecule has 2 rings (SSSR count). The molecule has 0 heterocycles. The van der Waals surface area contributed by atoms with Crippen LogP contribution in [0.5, 0.6) is 0 Å². The zero-order valence-corrected chi connectivity index (χ0v) is 9.76. The third-order valence-corrected chi connectivity index (χ3v) is 4.32. The van der Waals surface area contributed by atoms with Gasteiger partial charge in [0, 0.05) is 6.04 Å². The first kappa shape index (κ1) is 11.0. The van der Waals surface area contributed by atoms with Crippen molar-refractivity contribution in [3.63, 3.8) is 0 Å². The predicted molar refractivity (Wildman–Crippen MR) is 61.4 cm³/mol. The lowest BCUT2D eigenvalue weighted by atomic mass is 9.86.